The number of carbonyl (C=O) groups is 1. The molecule has 0 saturated carbocycles. The number of ether oxygens (including phenoxy) is 1. The molecule has 9 heteroatoms. The second-order valence-electron chi connectivity index (χ2n) is 4.19. The largest absolute Gasteiger partial charge is 0.484 e. The van der Waals surface area contributed by atoms with Gasteiger partial charge in [0.15, 0.2) is 11.7 Å². The van der Waals surface area contributed by atoms with Crippen molar-refractivity contribution in [3.63, 3.8) is 0 Å². The summed E-state index contributed by atoms with van der Waals surface area (Å²) >= 11 is 1.29. The molecule has 2 amide bonds. The number of anilines is 1. The Labute approximate surface area is 128 Å². The van der Waals surface area contributed by atoms with Crippen molar-refractivity contribution in [1.82, 2.24) is 10.3 Å². The molecule has 0 saturated heterocycles. The fourth-order valence-electron chi connectivity index (χ4n) is 1.48. The zero-order valence-electron chi connectivity index (χ0n) is 11.2. The lowest BCUT2D eigenvalue weighted by atomic mass is 10.2. The number of urea groups is 1. The van der Waals surface area contributed by atoms with Gasteiger partial charge in [-0.1, -0.05) is 12.1 Å². The summed E-state index contributed by atoms with van der Waals surface area (Å²) in [5, 5.41) is 7.37. The highest BCUT2D eigenvalue weighted by atomic mass is 32.1. The summed E-state index contributed by atoms with van der Waals surface area (Å²) in [6.07, 6.45) is -2.80. The van der Waals surface area contributed by atoms with Gasteiger partial charge in [0.1, 0.15) is 5.75 Å². The number of aromatic nitrogens is 1. The van der Waals surface area contributed by atoms with Gasteiger partial charge in [-0.05, 0) is 17.7 Å². The molecule has 0 unspecified atom stereocenters. The highest BCUT2D eigenvalue weighted by Gasteiger charge is 2.28. The van der Waals surface area contributed by atoms with Crippen LogP contribution in [0.25, 0.3) is 0 Å². The monoisotopic (exact) mass is 331 g/mol. The van der Waals surface area contributed by atoms with Crippen LogP contribution in [0.15, 0.2) is 35.8 Å². The number of halogens is 3. The van der Waals surface area contributed by atoms with E-state index in [1.807, 2.05) is 0 Å². The molecule has 0 aliphatic carbocycles. The quantitative estimate of drug-likeness (QED) is 0.882. The Hall–Kier alpha value is -2.29. The third kappa shape index (κ3) is 5.60. The van der Waals surface area contributed by atoms with E-state index in [1.165, 1.54) is 23.5 Å². The second kappa shape index (κ2) is 7.12. The molecule has 2 rings (SSSR count). The fraction of sp³-hybridized carbons (Fsp3) is 0.231. The molecular formula is C13H12F3N3O2S. The first kappa shape index (κ1) is 16.1. The van der Waals surface area contributed by atoms with Crippen LogP contribution in [-0.4, -0.2) is 23.8 Å². The molecule has 2 N–H and O–H groups in total. The van der Waals surface area contributed by atoms with Crippen molar-refractivity contribution in [3.05, 3.63) is 41.4 Å². The Morgan fingerprint density at radius 3 is 2.59 bits per heavy atom. The van der Waals surface area contributed by atoms with Gasteiger partial charge in [0.25, 0.3) is 0 Å². The molecule has 5 nitrogen and oxygen atoms in total. The van der Waals surface area contributed by atoms with E-state index in [-0.39, 0.29) is 12.3 Å². The average Bonchev–Trinajstić information content (AvgIpc) is 2.96. The van der Waals surface area contributed by atoms with Gasteiger partial charge in [-0.25, -0.2) is 9.78 Å². The van der Waals surface area contributed by atoms with Gasteiger partial charge in [0.2, 0.25) is 0 Å². The van der Waals surface area contributed by atoms with Crippen molar-refractivity contribution in [2.24, 2.45) is 0 Å². The van der Waals surface area contributed by atoms with Gasteiger partial charge in [0, 0.05) is 18.1 Å². The molecule has 2 aromatic rings. The molecule has 1 heterocycles. The number of nitrogens with zero attached hydrogens (tertiary/aromatic N) is 1. The zero-order valence-corrected chi connectivity index (χ0v) is 12.0. The average molecular weight is 331 g/mol. The first-order valence-corrected chi connectivity index (χ1v) is 7.03. The summed E-state index contributed by atoms with van der Waals surface area (Å²) in [6, 6.07) is 5.58. The molecule has 0 bridgehead atoms. The number of nitrogens with one attached hydrogen (secondary N) is 2. The van der Waals surface area contributed by atoms with Crippen molar-refractivity contribution in [1.29, 1.82) is 0 Å². The van der Waals surface area contributed by atoms with E-state index in [9.17, 15) is 18.0 Å². The Kier molecular flexibility index (Phi) is 5.21. The van der Waals surface area contributed by atoms with E-state index in [0.29, 0.717) is 5.13 Å². The number of hydrogen-bond donors (Lipinski definition) is 2. The number of alkyl halides is 3. The minimum absolute atomic E-state index is 0.119. The van der Waals surface area contributed by atoms with Crippen LogP contribution in [0.2, 0.25) is 0 Å². The molecule has 0 aliphatic rings. The first-order valence-electron chi connectivity index (χ1n) is 6.15. The molecule has 1 aromatic heterocycles. The lowest BCUT2D eigenvalue weighted by molar-refractivity contribution is -0.153. The van der Waals surface area contributed by atoms with E-state index >= 15 is 0 Å². The van der Waals surface area contributed by atoms with Crippen LogP contribution in [0, 0.1) is 0 Å². The Morgan fingerprint density at radius 1 is 1.27 bits per heavy atom. The van der Waals surface area contributed by atoms with Crippen molar-refractivity contribution < 1.29 is 22.7 Å². The minimum atomic E-state index is -4.37. The zero-order chi connectivity index (χ0) is 16.0. The Morgan fingerprint density at radius 2 is 2.00 bits per heavy atom. The highest BCUT2D eigenvalue weighted by molar-refractivity contribution is 7.13. The molecule has 0 aliphatic heterocycles. The lowest BCUT2D eigenvalue weighted by Crippen LogP contribution is -2.28. The van der Waals surface area contributed by atoms with Crippen LogP contribution in [-0.2, 0) is 6.54 Å². The van der Waals surface area contributed by atoms with Crippen LogP contribution in [0.1, 0.15) is 5.56 Å². The molecule has 1 aromatic carbocycles. The maximum absolute atomic E-state index is 12.0. The maximum atomic E-state index is 12.0. The van der Waals surface area contributed by atoms with Crippen molar-refractivity contribution in [3.8, 4) is 5.75 Å². The molecule has 0 radical (unpaired) electrons. The van der Waals surface area contributed by atoms with E-state index < -0.39 is 18.8 Å². The van der Waals surface area contributed by atoms with Gasteiger partial charge in [0.05, 0.1) is 0 Å². The van der Waals surface area contributed by atoms with E-state index in [4.69, 9.17) is 0 Å². The molecule has 0 fully saturated rings. The summed E-state index contributed by atoms with van der Waals surface area (Å²) in [4.78, 5) is 15.5. The molecule has 118 valence electrons. The van der Waals surface area contributed by atoms with E-state index in [2.05, 4.69) is 20.4 Å². The first-order chi connectivity index (χ1) is 10.4. The highest BCUT2D eigenvalue weighted by Crippen LogP contribution is 2.18. The summed E-state index contributed by atoms with van der Waals surface area (Å²) in [5.41, 5.74) is 0.730. The Balaban J connectivity index is 1.77. The van der Waals surface area contributed by atoms with E-state index in [0.717, 1.165) is 5.56 Å². The van der Waals surface area contributed by atoms with Crippen LogP contribution < -0.4 is 15.4 Å². The van der Waals surface area contributed by atoms with Crippen molar-refractivity contribution in [2.75, 3.05) is 11.9 Å². The second-order valence-corrected chi connectivity index (χ2v) is 5.09. The third-order valence-electron chi connectivity index (χ3n) is 2.43. The van der Waals surface area contributed by atoms with Gasteiger partial charge in [-0.15, -0.1) is 11.3 Å². The van der Waals surface area contributed by atoms with Gasteiger partial charge < -0.3 is 10.1 Å². The topological polar surface area (TPSA) is 63.2 Å². The number of benzene rings is 1. The number of amides is 2. The normalized spacial score (nSPS) is 11.0. The van der Waals surface area contributed by atoms with E-state index in [1.54, 1.807) is 23.7 Å². The number of carbonyl (C=O) groups excluding carboxylic acids is 1. The Bertz CT molecular complexity index is 600. The summed E-state index contributed by atoms with van der Waals surface area (Å²) in [6.45, 7) is -1.10. The van der Waals surface area contributed by atoms with Crippen LogP contribution in [0.4, 0.5) is 23.1 Å². The fourth-order valence-corrected chi connectivity index (χ4v) is 2.00. The molecule has 22 heavy (non-hydrogen) atoms. The molecule has 0 atom stereocenters. The molecule has 0 spiro atoms. The van der Waals surface area contributed by atoms with Gasteiger partial charge in [-0.2, -0.15) is 13.2 Å². The summed E-state index contributed by atoms with van der Waals surface area (Å²) in [7, 11) is 0. The summed E-state index contributed by atoms with van der Waals surface area (Å²) in [5.74, 6) is 0.119. The lowest BCUT2D eigenvalue weighted by Gasteiger charge is -2.10. The smallest absolute Gasteiger partial charge is 0.422 e. The van der Waals surface area contributed by atoms with Crippen molar-refractivity contribution >= 4 is 22.5 Å². The van der Waals surface area contributed by atoms with Crippen molar-refractivity contribution in [2.45, 2.75) is 12.7 Å². The molecular weight excluding hydrogens is 319 g/mol. The van der Waals surface area contributed by atoms with Crippen LogP contribution >= 0.6 is 11.3 Å². The van der Waals surface area contributed by atoms with Crippen LogP contribution in [0.3, 0.4) is 0 Å². The summed E-state index contributed by atoms with van der Waals surface area (Å²) < 4.78 is 40.6. The number of rotatable bonds is 5. The number of hydrogen-bond acceptors (Lipinski definition) is 4. The predicted octanol–water partition coefficient (Wildman–Crippen LogP) is 3.41. The predicted molar refractivity (Wildman–Crippen MR) is 76.0 cm³/mol. The SMILES string of the molecule is O=C(NCc1ccc(OCC(F)(F)F)cc1)Nc1nccs1. The minimum Gasteiger partial charge on any atom is -0.484 e. The van der Waals surface area contributed by atoms with Gasteiger partial charge >= 0.3 is 12.2 Å². The van der Waals surface area contributed by atoms with Gasteiger partial charge in [-0.3, -0.25) is 5.32 Å². The third-order valence-corrected chi connectivity index (χ3v) is 3.12. The number of thiazole rings is 1. The van der Waals surface area contributed by atoms with Crippen LogP contribution in [0.5, 0.6) is 5.75 Å². The maximum Gasteiger partial charge on any atom is 0.422 e. The standard InChI is InChI=1S/C13H12F3N3O2S/c14-13(15,16)8-21-10-3-1-9(2-4-10)7-18-11(20)19-12-17-5-6-22-12/h1-6H,7-8H2,(H2,17,18,19,20).